The van der Waals surface area contributed by atoms with Crippen LogP contribution in [0.15, 0.2) is 42.9 Å². The van der Waals surface area contributed by atoms with Crippen molar-refractivity contribution < 1.29 is 29.6 Å². The molecular formula is C25H36N4O6. The second-order valence-electron chi connectivity index (χ2n) is 9.18. The van der Waals surface area contributed by atoms with Crippen LogP contribution < -0.4 is 0 Å². The number of benzene rings is 1. The molecule has 1 aromatic carbocycles. The van der Waals surface area contributed by atoms with Crippen LogP contribution in [0.2, 0.25) is 0 Å². The van der Waals surface area contributed by atoms with Crippen LogP contribution in [0.4, 0.5) is 0 Å². The van der Waals surface area contributed by atoms with Gasteiger partial charge in [-0.15, -0.1) is 0 Å². The van der Waals surface area contributed by atoms with Gasteiger partial charge in [-0.1, -0.05) is 30.3 Å². The van der Waals surface area contributed by atoms with Gasteiger partial charge in [0, 0.05) is 51.5 Å². The highest BCUT2D eigenvalue weighted by atomic mass is 16.5. The monoisotopic (exact) mass is 488 g/mol. The number of carbonyl (C=O) groups is 2. The Morgan fingerprint density at radius 1 is 0.971 bits per heavy atom. The van der Waals surface area contributed by atoms with Gasteiger partial charge in [0.2, 0.25) is 0 Å². The van der Waals surface area contributed by atoms with E-state index in [1.165, 1.54) is 11.3 Å². The summed E-state index contributed by atoms with van der Waals surface area (Å²) in [6.45, 7) is 7.06. The zero-order valence-corrected chi connectivity index (χ0v) is 19.9. The van der Waals surface area contributed by atoms with E-state index in [9.17, 15) is 5.11 Å². The number of likely N-dealkylation sites (tertiary alicyclic amines) is 1. The summed E-state index contributed by atoms with van der Waals surface area (Å²) in [7, 11) is 0. The van der Waals surface area contributed by atoms with E-state index in [1.807, 2.05) is 12.5 Å². The van der Waals surface area contributed by atoms with E-state index in [-0.39, 0.29) is 19.0 Å². The lowest BCUT2D eigenvalue weighted by Gasteiger charge is -2.43. The molecule has 35 heavy (non-hydrogen) atoms. The topological polar surface area (TPSA) is 128 Å². The molecule has 2 saturated heterocycles. The number of aliphatic hydroxyl groups is 1. The van der Waals surface area contributed by atoms with Gasteiger partial charge in [-0.2, -0.15) is 0 Å². The number of nitrogens with zero attached hydrogens (tertiary/aromatic N) is 4. The first kappa shape index (κ1) is 26.8. The van der Waals surface area contributed by atoms with Gasteiger partial charge in [0.1, 0.15) is 0 Å². The van der Waals surface area contributed by atoms with Crippen molar-refractivity contribution >= 4 is 12.9 Å². The Morgan fingerprint density at radius 3 is 2.26 bits per heavy atom. The number of imidazole rings is 1. The van der Waals surface area contributed by atoms with E-state index in [0.717, 1.165) is 65.3 Å². The van der Waals surface area contributed by atoms with E-state index in [4.69, 9.17) is 24.5 Å². The van der Waals surface area contributed by atoms with Gasteiger partial charge in [-0.05, 0) is 30.2 Å². The standard InChI is InChI=1S/C23H32N4O2.2CH2O2/c28-23-11-20-15-25(14-19(20)10-22(23)26-6-8-29-9-7-26)16-21-12-24-17-27(21)13-18-4-2-1-3-5-18;2*2-1-3/h1-5,12,17,19-20,22-23,28H,6-11,13-16H2;2*1H,(H,2,3)/t19-,20+,22-,23-;;/m1../s1. The number of morpholine rings is 1. The van der Waals surface area contributed by atoms with E-state index in [0.29, 0.717) is 17.9 Å². The van der Waals surface area contributed by atoms with Crippen molar-refractivity contribution in [1.82, 2.24) is 19.4 Å². The Labute approximate surface area is 205 Å². The van der Waals surface area contributed by atoms with Crippen molar-refractivity contribution in [3.8, 4) is 0 Å². The number of hydrogen-bond acceptors (Lipinski definition) is 7. The molecule has 0 amide bonds. The van der Waals surface area contributed by atoms with E-state index in [2.05, 4.69) is 49.7 Å². The second kappa shape index (κ2) is 13.9. The second-order valence-corrected chi connectivity index (χ2v) is 9.18. The summed E-state index contributed by atoms with van der Waals surface area (Å²) in [5, 5.41) is 24.6. The molecule has 3 heterocycles. The fraction of sp³-hybridized carbons (Fsp3) is 0.560. The minimum atomic E-state index is -0.250. The largest absolute Gasteiger partial charge is 0.483 e. The third-order valence-electron chi connectivity index (χ3n) is 7.08. The number of hydrogen-bond donors (Lipinski definition) is 3. The van der Waals surface area contributed by atoms with Crippen LogP contribution in [0.1, 0.15) is 24.1 Å². The summed E-state index contributed by atoms with van der Waals surface area (Å²) in [5.74, 6) is 1.31. The summed E-state index contributed by atoms with van der Waals surface area (Å²) >= 11 is 0. The quantitative estimate of drug-likeness (QED) is 0.533. The molecule has 0 spiro atoms. The Bertz CT molecular complexity index is 883. The zero-order valence-electron chi connectivity index (χ0n) is 19.9. The SMILES string of the molecule is O=CO.O=CO.O[C@@H]1C[C@H]2CN(Cc3cncn3Cc3ccccc3)C[C@H]2C[C@H]1N1CCOCC1. The number of carboxylic acid groups (broad SMARTS) is 2. The van der Waals surface area contributed by atoms with Gasteiger partial charge in [0.05, 0.1) is 31.3 Å². The summed E-state index contributed by atoms with van der Waals surface area (Å²) in [6, 6.07) is 10.9. The molecule has 2 aliphatic heterocycles. The van der Waals surface area contributed by atoms with Crippen molar-refractivity contribution in [3.63, 3.8) is 0 Å². The van der Waals surface area contributed by atoms with E-state index < -0.39 is 0 Å². The molecule has 10 nitrogen and oxygen atoms in total. The fourth-order valence-electron chi connectivity index (χ4n) is 5.57. The molecule has 1 aliphatic carbocycles. The molecule has 5 rings (SSSR count). The zero-order chi connectivity index (χ0) is 25.0. The first-order valence-corrected chi connectivity index (χ1v) is 12.0. The van der Waals surface area contributed by atoms with Gasteiger partial charge >= 0.3 is 0 Å². The predicted molar refractivity (Wildman–Crippen MR) is 129 cm³/mol. The van der Waals surface area contributed by atoms with Crippen LogP contribution in [0.5, 0.6) is 0 Å². The third kappa shape index (κ3) is 7.60. The molecule has 3 fully saturated rings. The molecule has 1 aromatic heterocycles. The highest BCUT2D eigenvalue weighted by Crippen LogP contribution is 2.39. The van der Waals surface area contributed by atoms with Crippen molar-refractivity contribution in [3.05, 3.63) is 54.1 Å². The third-order valence-corrected chi connectivity index (χ3v) is 7.08. The van der Waals surface area contributed by atoms with Crippen molar-refractivity contribution in [1.29, 1.82) is 0 Å². The van der Waals surface area contributed by atoms with Crippen LogP contribution in [-0.2, 0) is 27.4 Å². The highest BCUT2D eigenvalue weighted by Gasteiger charge is 2.43. The lowest BCUT2D eigenvalue weighted by Crippen LogP contribution is -2.53. The summed E-state index contributed by atoms with van der Waals surface area (Å²) in [5.41, 5.74) is 2.58. The van der Waals surface area contributed by atoms with Gasteiger partial charge in [0.25, 0.3) is 12.9 Å². The maximum Gasteiger partial charge on any atom is 0.290 e. The van der Waals surface area contributed by atoms with Crippen molar-refractivity contribution in [2.75, 3.05) is 39.4 Å². The number of fused-ring (bicyclic) bond motifs is 1. The normalized spacial score (nSPS) is 26.4. The van der Waals surface area contributed by atoms with Gasteiger partial charge in [0.15, 0.2) is 0 Å². The van der Waals surface area contributed by atoms with Gasteiger partial charge in [-0.25, -0.2) is 4.98 Å². The number of aromatic nitrogens is 2. The summed E-state index contributed by atoms with van der Waals surface area (Å²) in [4.78, 5) is 26.2. The molecule has 2 aromatic rings. The summed E-state index contributed by atoms with van der Waals surface area (Å²) in [6.07, 6.45) is 5.82. The first-order chi connectivity index (χ1) is 17.1. The molecule has 0 bridgehead atoms. The predicted octanol–water partition coefficient (Wildman–Crippen LogP) is 1.24. The molecular weight excluding hydrogens is 452 g/mol. The van der Waals surface area contributed by atoms with Crippen LogP contribution in [0.3, 0.4) is 0 Å². The highest BCUT2D eigenvalue weighted by molar-refractivity contribution is 5.33. The fourth-order valence-corrected chi connectivity index (χ4v) is 5.57. The Hall–Kier alpha value is -2.79. The molecule has 3 aliphatic rings. The minimum Gasteiger partial charge on any atom is -0.483 e. The number of rotatable bonds is 5. The molecule has 4 atom stereocenters. The van der Waals surface area contributed by atoms with Crippen molar-refractivity contribution in [2.45, 2.75) is 38.1 Å². The van der Waals surface area contributed by atoms with Crippen molar-refractivity contribution in [2.24, 2.45) is 11.8 Å². The van der Waals surface area contributed by atoms with E-state index in [1.54, 1.807) is 0 Å². The average molecular weight is 489 g/mol. The number of ether oxygens (including phenoxy) is 1. The van der Waals surface area contributed by atoms with Crippen LogP contribution in [0.25, 0.3) is 0 Å². The van der Waals surface area contributed by atoms with Crippen LogP contribution >= 0.6 is 0 Å². The molecule has 192 valence electrons. The molecule has 0 radical (unpaired) electrons. The van der Waals surface area contributed by atoms with Crippen LogP contribution in [-0.4, -0.2) is 99.2 Å². The smallest absolute Gasteiger partial charge is 0.290 e. The lowest BCUT2D eigenvalue weighted by atomic mass is 9.77. The Kier molecular flexibility index (Phi) is 10.7. The Morgan fingerprint density at radius 2 is 1.60 bits per heavy atom. The van der Waals surface area contributed by atoms with Gasteiger partial charge < -0.3 is 24.6 Å². The average Bonchev–Trinajstić information content (AvgIpc) is 3.46. The molecule has 0 unspecified atom stereocenters. The number of aliphatic hydroxyl groups excluding tert-OH is 1. The maximum atomic E-state index is 10.8. The maximum absolute atomic E-state index is 10.8. The Balaban J connectivity index is 0.000000520. The minimum absolute atomic E-state index is 0.196. The molecule has 1 saturated carbocycles. The first-order valence-electron chi connectivity index (χ1n) is 12.0. The summed E-state index contributed by atoms with van der Waals surface area (Å²) < 4.78 is 7.77. The van der Waals surface area contributed by atoms with Gasteiger partial charge in [-0.3, -0.25) is 19.4 Å². The van der Waals surface area contributed by atoms with Crippen LogP contribution in [0, 0.1) is 11.8 Å². The lowest BCUT2D eigenvalue weighted by molar-refractivity contribution is -0.123. The molecule has 10 heteroatoms. The van der Waals surface area contributed by atoms with E-state index >= 15 is 0 Å². The molecule has 3 N–H and O–H groups in total.